The molecule has 0 bridgehead atoms. The van der Waals surface area contributed by atoms with Gasteiger partial charge in [-0.1, -0.05) is 25.1 Å². The molecule has 5 heteroatoms. The normalized spacial score (nSPS) is 11.1. The van der Waals surface area contributed by atoms with Gasteiger partial charge in [0.15, 0.2) is 0 Å². The zero-order chi connectivity index (χ0) is 13.7. The average Bonchev–Trinajstić information content (AvgIpc) is 2.77. The van der Waals surface area contributed by atoms with Crippen LogP contribution in [0.2, 0.25) is 0 Å². The highest BCUT2D eigenvalue weighted by atomic mass is 16.5. The van der Waals surface area contributed by atoms with Crippen molar-refractivity contribution in [2.75, 3.05) is 6.61 Å². The van der Waals surface area contributed by atoms with Gasteiger partial charge in [-0.3, -0.25) is 0 Å². The predicted octanol–water partition coefficient (Wildman–Crippen LogP) is 3.08. The molecule has 0 unspecified atom stereocenters. The summed E-state index contributed by atoms with van der Waals surface area (Å²) in [4.78, 5) is 11.1. The lowest BCUT2D eigenvalue weighted by Crippen LogP contribution is -2.18. The molecule has 1 heterocycles. The molecule has 0 saturated heterocycles. The van der Waals surface area contributed by atoms with Crippen LogP contribution in [0.5, 0.6) is 0 Å². The van der Waals surface area contributed by atoms with Crippen LogP contribution >= 0.6 is 0 Å². The topological polar surface area (TPSA) is 63.8 Å². The number of carbonyl (C=O) groups is 1. The number of nitrogens with zero attached hydrogens (tertiary/aromatic N) is 1. The maximum atomic E-state index is 11.1. The number of fused-ring (bicyclic) bond motifs is 1. The lowest BCUT2D eigenvalue weighted by Gasteiger charge is -1.98. The van der Waals surface area contributed by atoms with Crippen LogP contribution in [-0.4, -0.2) is 18.9 Å². The number of aryl methyl sites for hydroxylation is 1. The summed E-state index contributed by atoms with van der Waals surface area (Å²) in [6, 6.07) is 7.73. The molecule has 0 atom stereocenters. The minimum Gasteiger partial charge on any atom is -0.460 e. The highest BCUT2D eigenvalue weighted by molar-refractivity contribution is 5.99. The van der Waals surface area contributed by atoms with Gasteiger partial charge in [0.25, 0.3) is 0 Å². The highest BCUT2D eigenvalue weighted by Crippen LogP contribution is 2.24. The van der Waals surface area contributed by atoms with Gasteiger partial charge in [-0.2, -0.15) is 5.10 Å². The SMILES string of the molecule is CCOC(=O)N/N=C\c1c(CC)oc2ccccc12. The van der Waals surface area contributed by atoms with Gasteiger partial charge < -0.3 is 9.15 Å². The van der Waals surface area contributed by atoms with E-state index < -0.39 is 6.09 Å². The van der Waals surface area contributed by atoms with E-state index in [4.69, 9.17) is 9.15 Å². The first kappa shape index (κ1) is 13.1. The van der Waals surface area contributed by atoms with Crippen molar-refractivity contribution in [3.05, 3.63) is 35.6 Å². The third-order valence-corrected chi connectivity index (χ3v) is 2.66. The lowest BCUT2D eigenvalue weighted by molar-refractivity contribution is 0.152. The molecule has 2 rings (SSSR count). The number of nitrogens with one attached hydrogen (secondary N) is 1. The Balaban J connectivity index is 2.23. The first-order chi connectivity index (χ1) is 9.26. The van der Waals surface area contributed by atoms with Crippen molar-refractivity contribution in [3.8, 4) is 0 Å². The fourth-order valence-corrected chi connectivity index (χ4v) is 1.83. The Morgan fingerprint density at radius 3 is 2.95 bits per heavy atom. The molecule has 0 spiro atoms. The number of carbonyl (C=O) groups excluding carboxylic acids is 1. The number of furan rings is 1. The number of ether oxygens (including phenoxy) is 1. The lowest BCUT2D eigenvalue weighted by atomic mass is 10.1. The molecule has 5 nitrogen and oxygen atoms in total. The third-order valence-electron chi connectivity index (χ3n) is 2.66. The molecule has 0 aliphatic heterocycles. The van der Waals surface area contributed by atoms with Gasteiger partial charge in [0.05, 0.1) is 12.8 Å². The quantitative estimate of drug-likeness (QED) is 0.678. The molecule has 1 aromatic heterocycles. The Morgan fingerprint density at radius 2 is 2.21 bits per heavy atom. The maximum Gasteiger partial charge on any atom is 0.427 e. The third kappa shape index (κ3) is 2.93. The molecule has 0 fully saturated rings. The summed E-state index contributed by atoms with van der Waals surface area (Å²) in [5, 5.41) is 4.86. The monoisotopic (exact) mass is 260 g/mol. The van der Waals surface area contributed by atoms with Crippen molar-refractivity contribution in [1.29, 1.82) is 0 Å². The van der Waals surface area contributed by atoms with Crippen molar-refractivity contribution in [1.82, 2.24) is 5.43 Å². The van der Waals surface area contributed by atoms with Gasteiger partial charge in [-0.15, -0.1) is 0 Å². The van der Waals surface area contributed by atoms with Gasteiger partial charge in [0.1, 0.15) is 11.3 Å². The van der Waals surface area contributed by atoms with E-state index in [0.717, 1.165) is 28.7 Å². The summed E-state index contributed by atoms with van der Waals surface area (Å²) in [6.07, 6.45) is 1.78. The number of rotatable bonds is 4. The van der Waals surface area contributed by atoms with E-state index >= 15 is 0 Å². The van der Waals surface area contributed by atoms with Crippen molar-refractivity contribution in [2.45, 2.75) is 20.3 Å². The van der Waals surface area contributed by atoms with E-state index in [9.17, 15) is 4.79 Å². The van der Waals surface area contributed by atoms with Crippen molar-refractivity contribution in [3.63, 3.8) is 0 Å². The van der Waals surface area contributed by atoms with Crippen LogP contribution in [0.15, 0.2) is 33.8 Å². The Hall–Kier alpha value is -2.30. The molecule has 2 aromatic rings. The summed E-state index contributed by atoms with van der Waals surface area (Å²) < 4.78 is 10.4. The summed E-state index contributed by atoms with van der Waals surface area (Å²) in [6.45, 7) is 4.06. The predicted molar refractivity (Wildman–Crippen MR) is 73.3 cm³/mol. The van der Waals surface area contributed by atoms with E-state index in [2.05, 4.69) is 10.5 Å². The van der Waals surface area contributed by atoms with E-state index in [0.29, 0.717) is 6.61 Å². The molecule has 1 N–H and O–H groups in total. The largest absolute Gasteiger partial charge is 0.460 e. The maximum absolute atomic E-state index is 11.1. The van der Waals surface area contributed by atoms with Crippen LogP contribution in [-0.2, 0) is 11.2 Å². The first-order valence-corrected chi connectivity index (χ1v) is 6.22. The Labute approximate surface area is 111 Å². The summed E-state index contributed by atoms with van der Waals surface area (Å²) in [5.74, 6) is 0.843. The molecule has 100 valence electrons. The molecule has 19 heavy (non-hydrogen) atoms. The molecular formula is C14H16N2O3. The van der Waals surface area contributed by atoms with Gasteiger partial charge in [-0.25, -0.2) is 10.2 Å². The van der Waals surface area contributed by atoms with Crippen LogP contribution in [0.25, 0.3) is 11.0 Å². The number of hydrogen-bond acceptors (Lipinski definition) is 4. The molecule has 1 amide bonds. The van der Waals surface area contributed by atoms with Crippen molar-refractivity contribution >= 4 is 23.3 Å². The number of para-hydroxylation sites is 1. The number of benzene rings is 1. The fourth-order valence-electron chi connectivity index (χ4n) is 1.83. The van der Waals surface area contributed by atoms with Crippen LogP contribution in [0.4, 0.5) is 4.79 Å². The van der Waals surface area contributed by atoms with E-state index in [1.54, 1.807) is 13.1 Å². The van der Waals surface area contributed by atoms with Gasteiger partial charge in [-0.05, 0) is 13.0 Å². The smallest absolute Gasteiger partial charge is 0.427 e. The van der Waals surface area contributed by atoms with Crippen LogP contribution in [0, 0.1) is 0 Å². The summed E-state index contributed by atoms with van der Waals surface area (Å²) >= 11 is 0. The van der Waals surface area contributed by atoms with E-state index in [1.807, 2.05) is 31.2 Å². The second kappa shape index (κ2) is 6.04. The van der Waals surface area contributed by atoms with Gasteiger partial charge in [0.2, 0.25) is 0 Å². The molecule has 0 radical (unpaired) electrons. The first-order valence-electron chi connectivity index (χ1n) is 6.22. The van der Waals surface area contributed by atoms with Crippen LogP contribution in [0.1, 0.15) is 25.2 Å². The van der Waals surface area contributed by atoms with E-state index in [-0.39, 0.29) is 0 Å². The zero-order valence-electron chi connectivity index (χ0n) is 11.0. The molecule has 0 aliphatic carbocycles. The van der Waals surface area contributed by atoms with Crippen LogP contribution in [0.3, 0.4) is 0 Å². The summed E-state index contributed by atoms with van der Waals surface area (Å²) in [5.41, 5.74) is 4.01. The fraction of sp³-hybridized carbons (Fsp3) is 0.286. The van der Waals surface area contributed by atoms with Crippen molar-refractivity contribution in [2.24, 2.45) is 5.10 Å². The van der Waals surface area contributed by atoms with Crippen molar-refractivity contribution < 1.29 is 13.9 Å². The van der Waals surface area contributed by atoms with E-state index in [1.165, 1.54) is 0 Å². The second-order valence-electron chi connectivity index (χ2n) is 3.88. The number of hydrazone groups is 1. The number of hydrogen-bond donors (Lipinski definition) is 1. The molecular weight excluding hydrogens is 244 g/mol. The summed E-state index contributed by atoms with van der Waals surface area (Å²) in [7, 11) is 0. The minimum absolute atomic E-state index is 0.316. The highest BCUT2D eigenvalue weighted by Gasteiger charge is 2.10. The Bertz CT molecular complexity index is 602. The Kier molecular flexibility index (Phi) is 4.18. The van der Waals surface area contributed by atoms with Crippen LogP contribution < -0.4 is 5.43 Å². The van der Waals surface area contributed by atoms with Gasteiger partial charge in [0, 0.05) is 17.4 Å². The molecule has 0 saturated carbocycles. The average molecular weight is 260 g/mol. The second-order valence-corrected chi connectivity index (χ2v) is 3.88. The van der Waals surface area contributed by atoms with Gasteiger partial charge >= 0.3 is 6.09 Å². The number of amides is 1. The Morgan fingerprint density at radius 1 is 1.42 bits per heavy atom. The zero-order valence-corrected chi connectivity index (χ0v) is 11.0. The standard InChI is InChI=1S/C14H16N2O3/c1-3-12-11(9-15-16-14(17)18-4-2)10-7-5-6-8-13(10)19-12/h5-9H,3-4H2,1-2H3,(H,16,17)/b15-9-. The molecule has 1 aromatic carbocycles. The molecule has 0 aliphatic rings. The minimum atomic E-state index is -0.565.